The maximum absolute atomic E-state index is 2.45. The zero-order chi connectivity index (χ0) is 27.6. The number of para-hydroxylation sites is 2. The van der Waals surface area contributed by atoms with Gasteiger partial charge in [-0.15, -0.1) is 0 Å². The molecule has 2 aromatic heterocycles. The van der Waals surface area contributed by atoms with Gasteiger partial charge in [-0.1, -0.05) is 97.1 Å². The second-order valence-corrected chi connectivity index (χ2v) is 11.0. The normalized spacial score (nSPS) is 11.8. The van der Waals surface area contributed by atoms with Crippen LogP contribution in [0.25, 0.3) is 76.8 Å². The molecule has 0 spiro atoms. The topological polar surface area (TPSA) is 9.86 Å². The fourth-order valence-corrected chi connectivity index (χ4v) is 6.84. The molecular formula is C40H26N2. The van der Waals surface area contributed by atoms with Crippen LogP contribution in [0.4, 0.5) is 0 Å². The highest BCUT2D eigenvalue weighted by atomic mass is 15.0. The van der Waals surface area contributed by atoms with E-state index in [2.05, 4.69) is 167 Å². The van der Waals surface area contributed by atoms with Crippen LogP contribution in [-0.4, -0.2) is 9.13 Å². The Labute approximate surface area is 243 Å². The first-order valence-corrected chi connectivity index (χ1v) is 14.5. The number of fused-ring (bicyclic) bond motifs is 9. The molecule has 0 aliphatic carbocycles. The van der Waals surface area contributed by atoms with Gasteiger partial charge in [0.2, 0.25) is 0 Å². The largest absolute Gasteiger partial charge is 0.317 e. The molecule has 0 fully saturated rings. The Morgan fingerprint density at radius 2 is 0.952 bits per heavy atom. The van der Waals surface area contributed by atoms with Crippen LogP contribution in [-0.2, 0) is 0 Å². The van der Waals surface area contributed by atoms with Gasteiger partial charge in [0.15, 0.2) is 0 Å². The highest BCUT2D eigenvalue weighted by molar-refractivity contribution is 6.32. The van der Waals surface area contributed by atoms with E-state index < -0.39 is 0 Å². The summed E-state index contributed by atoms with van der Waals surface area (Å²) in [7, 11) is 0. The predicted molar refractivity (Wildman–Crippen MR) is 178 cm³/mol. The highest BCUT2D eigenvalue weighted by Crippen LogP contribution is 2.43. The molecule has 0 aliphatic rings. The summed E-state index contributed by atoms with van der Waals surface area (Å²) < 4.78 is 4.71. The molecule has 2 heterocycles. The average molecular weight is 535 g/mol. The van der Waals surface area contributed by atoms with Crippen LogP contribution in [0.15, 0.2) is 158 Å². The molecule has 42 heavy (non-hydrogen) atoms. The highest BCUT2D eigenvalue weighted by Gasteiger charge is 2.19. The minimum absolute atomic E-state index is 1.18. The fourth-order valence-electron chi connectivity index (χ4n) is 6.84. The molecule has 0 unspecified atom stereocenters. The number of hydrogen-bond acceptors (Lipinski definition) is 0. The molecule has 2 nitrogen and oxygen atoms in total. The van der Waals surface area contributed by atoms with Crippen molar-refractivity contribution in [2.75, 3.05) is 0 Å². The first-order valence-electron chi connectivity index (χ1n) is 14.5. The van der Waals surface area contributed by atoms with Gasteiger partial charge in [-0.2, -0.15) is 0 Å². The molecule has 0 aliphatic heterocycles. The van der Waals surface area contributed by atoms with E-state index in [-0.39, 0.29) is 0 Å². The quantitative estimate of drug-likeness (QED) is 0.200. The standard InChI is InChI=1S/C40H26N2/c1-3-11-30(12-4-1)41-24-23-29-25-27(19-21-37(29)41)28-20-22-38-36(26-28)39-34-17-9-7-15-32(34)33-16-8-10-18-35(33)40(39)42(38)31-13-5-2-6-14-31/h1-26H. The van der Waals surface area contributed by atoms with Gasteiger partial charge >= 0.3 is 0 Å². The Hall–Kier alpha value is -5.60. The summed E-state index contributed by atoms with van der Waals surface area (Å²) in [6.45, 7) is 0. The van der Waals surface area contributed by atoms with Gasteiger partial charge in [0.25, 0.3) is 0 Å². The van der Waals surface area contributed by atoms with Gasteiger partial charge in [-0.3, -0.25) is 0 Å². The third-order valence-corrected chi connectivity index (χ3v) is 8.71. The summed E-state index contributed by atoms with van der Waals surface area (Å²) in [5, 5.41) is 8.96. The first kappa shape index (κ1) is 23.1. The Morgan fingerprint density at radius 3 is 1.69 bits per heavy atom. The predicted octanol–water partition coefficient (Wildman–Crippen LogP) is 10.7. The van der Waals surface area contributed by atoms with Crippen molar-refractivity contribution >= 4 is 54.3 Å². The SMILES string of the molecule is c1ccc(-n2ccc3cc(-c4ccc5c(c4)c4c6ccccc6c6ccccc6c4n5-c4ccccc4)ccc32)cc1. The summed E-state index contributed by atoms with van der Waals surface area (Å²) in [6.07, 6.45) is 2.16. The zero-order valence-electron chi connectivity index (χ0n) is 22.9. The zero-order valence-corrected chi connectivity index (χ0v) is 22.9. The fraction of sp³-hybridized carbons (Fsp3) is 0. The number of hydrogen-bond donors (Lipinski definition) is 0. The summed E-state index contributed by atoms with van der Waals surface area (Å²) in [6, 6.07) is 55.0. The van der Waals surface area contributed by atoms with Crippen molar-refractivity contribution in [2.24, 2.45) is 0 Å². The lowest BCUT2D eigenvalue weighted by Gasteiger charge is -2.12. The molecule has 0 saturated heterocycles. The van der Waals surface area contributed by atoms with Crippen molar-refractivity contribution < 1.29 is 0 Å². The van der Waals surface area contributed by atoms with Crippen molar-refractivity contribution in [3.8, 4) is 22.5 Å². The minimum Gasteiger partial charge on any atom is -0.317 e. The van der Waals surface area contributed by atoms with Crippen molar-refractivity contribution in [1.82, 2.24) is 9.13 Å². The Bertz CT molecular complexity index is 2440. The maximum Gasteiger partial charge on any atom is 0.0625 e. The molecule has 0 N–H and O–H groups in total. The van der Waals surface area contributed by atoms with Crippen LogP contribution < -0.4 is 0 Å². The number of nitrogens with zero attached hydrogens (tertiary/aromatic N) is 2. The Balaban J connectivity index is 1.35. The second-order valence-electron chi connectivity index (χ2n) is 11.0. The van der Waals surface area contributed by atoms with Gasteiger partial charge < -0.3 is 9.13 Å². The van der Waals surface area contributed by atoms with E-state index >= 15 is 0 Å². The molecule has 0 radical (unpaired) electrons. The Morgan fingerprint density at radius 1 is 0.381 bits per heavy atom. The third kappa shape index (κ3) is 3.33. The molecular weight excluding hydrogens is 508 g/mol. The second kappa shape index (κ2) is 8.95. The van der Waals surface area contributed by atoms with E-state index in [1.807, 2.05) is 0 Å². The lowest BCUT2D eigenvalue weighted by atomic mass is 9.95. The minimum atomic E-state index is 1.18. The number of rotatable bonds is 3. The maximum atomic E-state index is 2.45. The Kier molecular flexibility index (Phi) is 4.93. The third-order valence-electron chi connectivity index (χ3n) is 8.71. The molecule has 0 bridgehead atoms. The molecule has 9 aromatic rings. The van der Waals surface area contributed by atoms with Crippen molar-refractivity contribution in [2.45, 2.75) is 0 Å². The monoisotopic (exact) mass is 534 g/mol. The van der Waals surface area contributed by atoms with Crippen molar-refractivity contribution in [3.63, 3.8) is 0 Å². The van der Waals surface area contributed by atoms with E-state index in [4.69, 9.17) is 0 Å². The molecule has 0 atom stereocenters. The van der Waals surface area contributed by atoms with E-state index in [1.165, 1.54) is 76.8 Å². The molecule has 0 amide bonds. The van der Waals surface area contributed by atoms with Crippen LogP contribution in [0.1, 0.15) is 0 Å². The lowest BCUT2D eigenvalue weighted by molar-refractivity contribution is 1.13. The van der Waals surface area contributed by atoms with E-state index in [0.717, 1.165) is 0 Å². The van der Waals surface area contributed by atoms with E-state index in [9.17, 15) is 0 Å². The lowest BCUT2D eigenvalue weighted by Crippen LogP contribution is -1.94. The summed E-state index contributed by atoms with van der Waals surface area (Å²) in [4.78, 5) is 0. The van der Waals surface area contributed by atoms with Gasteiger partial charge in [-0.05, 0) is 81.9 Å². The van der Waals surface area contributed by atoms with Crippen LogP contribution in [0.5, 0.6) is 0 Å². The van der Waals surface area contributed by atoms with Crippen LogP contribution in [0, 0.1) is 0 Å². The average Bonchev–Trinajstić information content (AvgIpc) is 3.65. The van der Waals surface area contributed by atoms with E-state index in [1.54, 1.807) is 0 Å². The smallest absolute Gasteiger partial charge is 0.0625 e. The van der Waals surface area contributed by atoms with Gasteiger partial charge in [-0.25, -0.2) is 0 Å². The van der Waals surface area contributed by atoms with E-state index in [0.29, 0.717) is 0 Å². The first-order chi connectivity index (χ1) is 20.8. The van der Waals surface area contributed by atoms with Crippen molar-refractivity contribution in [1.29, 1.82) is 0 Å². The molecule has 196 valence electrons. The van der Waals surface area contributed by atoms with Gasteiger partial charge in [0.05, 0.1) is 16.6 Å². The van der Waals surface area contributed by atoms with Crippen LogP contribution in [0.3, 0.4) is 0 Å². The number of aromatic nitrogens is 2. The van der Waals surface area contributed by atoms with Gasteiger partial charge in [0, 0.05) is 39.1 Å². The summed E-state index contributed by atoms with van der Waals surface area (Å²) in [5.74, 6) is 0. The van der Waals surface area contributed by atoms with Gasteiger partial charge in [0.1, 0.15) is 0 Å². The van der Waals surface area contributed by atoms with Crippen molar-refractivity contribution in [3.05, 3.63) is 158 Å². The summed E-state index contributed by atoms with van der Waals surface area (Å²) >= 11 is 0. The molecule has 2 heteroatoms. The molecule has 0 saturated carbocycles. The summed E-state index contributed by atoms with van der Waals surface area (Å²) in [5.41, 5.74) is 8.49. The van der Waals surface area contributed by atoms with Crippen LogP contribution in [0.2, 0.25) is 0 Å². The molecule has 7 aromatic carbocycles. The number of benzene rings is 7. The van der Waals surface area contributed by atoms with Crippen LogP contribution >= 0.6 is 0 Å². The molecule has 9 rings (SSSR count).